The molecule has 502 valence electrons. The molecule has 0 bridgehead atoms. The Bertz CT molecular complexity index is 4240. The van der Waals surface area contributed by atoms with Crippen molar-refractivity contribution in [3.8, 4) is 68.1 Å². The van der Waals surface area contributed by atoms with E-state index in [0.29, 0.717) is 153 Å². The molecule has 0 spiro atoms. The van der Waals surface area contributed by atoms with Crippen molar-refractivity contribution >= 4 is 34.8 Å². The van der Waals surface area contributed by atoms with E-state index in [1.165, 1.54) is 0 Å². The van der Waals surface area contributed by atoms with Crippen molar-refractivity contribution in [2.24, 2.45) is 0 Å². The fraction of sp³-hybridized carbons (Fsp3) is 0.229. The molecule has 12 aromatic heterocycles. The smallest absolute Gasteiger partial charge is 0.274 e. The number of methoxy groups -OCH3 is 3. The third kappa shape index (κ3) is 20.0. The summed E-state index contributed by atoms with van der Waals surface area (Å²) in [5, 5.41) is 29.4. The molecular weight excluding hydrogens is 1250 g/mol. The molecule has 0 aliphatic carbocycles. The van der Waals surface area contributed by atoms with Gasteiger partial charge in [0.15, 0.2) is 0 Å². The second-order valence-electron chi connectivity index (χ2n) is 21.2. The summed E-state index contributed by atoms with van der Waals surface area (Å²) in [5.74, 6) is -1.03. The summed E-state index contributed by atoms with van der Waals surface area (Å²) < 4.78 is 41.8. The maximum absolute atomic E-state index is 13.1. The van der Waals surface area contributed by atoms with Crippen molar-refractivity contribution in [1.82, 2.24) is 74.4 Å². The first-order chi connectivity index (χ1) is 48.1. The van der Waals surface area contributed by atoms with Gasteiger partial charge in [-0.25, -0.2) is 15.0 Å². The molecule has 3 amide bonds. The predicted molar refractivity (Wildman–Crippen MR) is 364 cm³/mol. The van der Waals surface area contributed by atoms with Crippen LogP contribution in [-0.2, 0) is 48.1 Å². The van der Waals surface area contributed by atoms with Crippen molar-refractivity contribution in [3.63, 3.8) is 0 Å². The van der Waals surface area contributed by atoms with Gasteiger partial charge in [0.1, 0.15) is 34.2 Å². The maximum Gasteiger partial charge on any atom is 0.274 e. The maximum atomic E-state index is 13.1. The number of rotatable bonds is 30. The Labute approximate surface area is 563 Å². The summed E-state index contributed by atoms with van der Waals surface area (Å²) in [6.07, 6.45) is 18.7. The highest BCUT2D eigenvalue weighted by atomic mass is 16.5. The van der Waals surface area contributed by atoms with E-state index in [-0.39, 0.29) is 29.1 Å². The van der Waals surface area contributed by atoms with E-state index in [1.54, 1.807) is 152 Å². The summed E-state index contributed by atoms with van der Waals surface area (Å²) >= 11 is 0. The summed E-state index contributed by atoms with van der Waals surface area (Å²) in [6, 6.07) is 38.1. The molecule has 12 aromatic rings. The average molecular weight is 1330 g/mol. The highest BCUT2D eigenvalue weighted by Gasteiger charge is 2.21. The highest BCUT2D eigenvalue weighted by Crippen LogP contribution is 2.29. The molecule has 28 heteroatoms. The molecular formula is C70H72N18O10. The minimum atomic E-state index is -0.348. The summed E-state index contributed by atoms with van der Waals surface area (Å²) in [5.41, 5.74) is 11.5. The normalized spacial score (nSPS) is 10.9. The molecule has 0 aromatic carbocycles. The second kappa shape index (κ2) is 36.3. The van der Waals surface area contributed by atoms with E-state index in [2.05, 4.69) is 76.3 Å². The number of anilines is 3. The van der Waals surface area contributed by atoms with Gasteiger partial charge in [-0.15, -0.1) is 0 Å². The van der Waals surface area contributed by atoms with Crippen LogP contribution in [0.1, 0.15) is 37.0 Å². The lowest BCUT2D eigenvalue weighted by Gasteiger charge is -2.07. The van der Waals surface area contributed by atoms with Crippen LogP contribution in [0.3, 0.4) is 0 Å². The largest absolute Gasteiger partial charge is 0.472 e. The molecule has 0 aliphatic heterocycles. The first kappa shape index (κ1) is 69.2. The zero-order chi connectivity index (χ0) is 68.1. The molecule has 12 rings (SSSR count). The predicted octanol–water partition coefficient (Wildman–Crippen LogP) is 9.79. The molecule has 0 unspecified atom stereocenters. The van der Waals surface area contributed by atoms with E-state index < -0.39 is 0 Å². The number of H-pyrrole nitrogens is 1. The van der Waals surface area contributed by atoms with Crippen LogP contribution in [0.15, 0.2) is 200 Å². The Morgan fingerprint density at radius 1 is 0.449 bits per heavy atom. The second-order valence-corrected chi connectivity index (χ2v) is 21.2. The Balaban J connectivity index is 0.000000159. The third-order valence-electron chi connectivity index (χ3n) is 14.2. The third-order valence-corrected chi connectivity index (χ3v) is 14.2. The molecule has 0 saturated heterocycles. The van der Waals surface area contributed by atoms with Crippen LogP contribution in [0.4, 0.5) is 17.1 Å². The van der Waals surface area contributed by atoms with Gasteiger partial charge >= 0.3 is 0 Å². The molecule has 98 heavy (non-hydrogen) atoms. The first-order valence-corrected chi connectivity index (χ1v) is 31.1. The van der Waals surface area contributed by atoms with Crippen molar-refractivity contribution < 1.29 is 47.2 Å². The lowest BCUT2D eigenvalue weighted by atomic mass is 10.1. The van der Waals surface area contributed by atoms with Gasteiger partial charge in [0.2, 0.25) is 0 Å². The standard InChI is InChI=1S/C25H26N6O3.C23H23N5O4.C22H23N7O3/c1-18-14-19(16-26-15-18)20-7-5-8-22(28-20)25(32)29-23-17-31(10-11-34-13-12-33-2)30-24(23)21-6-3-4-9-27-21;1-30-13-14-31-12-10-28-15-21(22(27-28)19-5-2-3-9-24-19)26-23(29)20-7-4-6-18(25-20)17-8-11-32-16-17;1-31-13-14-32-12-11-29-15-20(21(28-29)18-5-2-3-9-23-18)26-22(30)19-7-4-6-16(25-19)17-8-10-24-27-17/h3-9,14-17H,10-13H2,1-2H3,(H,29,32);2-9,11,15-16H,10,12-14H2,1H3,(H,26,29);2-10,15H,11-14H2,1H3,(H,24,27)(H,26,30). The Morgan fingerprint density at radius 3 is 1.24 bits per heavy atom. The zero-order valence-electron chi connectivity index (χ0n) is 54.3. The lowest BCUT2D eigenvalue weighted by Crippen LogP contribution is -2.14. The van der Waals surface area contributed by atoms with Crippen molar-refractivity contribution in [1.29, 1.82) is 0 Å². The van der Waals surface area contributed by atoms with Crippen LogP contribution < -0.4 is 16.0 Å². The Kier molecular flexibility index (Phi) is 25.6. The minimum Gasteiger partial charge on any atom is -0.472 e. The highest BCUT2D eigenvalue weighted by molar-refractivity contribution is 6.06. The number of aromatic amines is 1. The molecule has 12 heterocycles. The van der Waals surface area contributed by atoms with Crippen LogP contribution in [-0.4, -0.2) is 173 Å². The molecule has 0 saturated carbocycles. The van der Waals surface area contributed by atoms with Crippen LogP contribution >= 0.6 is 0 Å². The van der Waals surface area contributed by atoms with Gasteiger partial charge in [-0.3, -0.25) is 53.5 Å². The molecule has 0 fully saturated rings. The van der Waals surface area contributed by atoms with E-state index in [9.17, 15) is 14.4 Å². The van der Waals surface area contributed by atoms with Crippen molar-refractivity contribution in [2.75, 3.05) is 96.7 Å². The summed E-state index contributed by atoms with van der Waals surface area (Å²) in [6.45, 7) is 8.04. The minimum absolute atomic E-state index is 0.278. The number of ether oxygens (including phenoxy) is 6. The number of amides is 3. The van der Waals surface area contributed by atoms with Gasteiger partial charge < -0.3 is 48.8 Å². The van der Waals surface area contributed by atoms with Crippen LogP contribution in [0.2, 0.25) is 0 Å². The number of hydrogen-bond donors (Lipinski definition) is 4. The topological polar surface area (TPSA) is 328 Å². The lowest BCUT2D eigenvalue weighted by molar-refractivity contribution is 0.0654. The number of hydrogen-bond acceptors (Lipinski definition) is 21. The SMILES string of the molecule is COCCOCCn1cc(NC(=O)c2cccc(-c3ccn[nH]3)n2)c(-c2ccccn2)n1.COCCOCCn1cc(NC(=O)c2cccc(-c3ccoc3)n2)c(-c2ccccn2)n1.COCCOCCn1cc(NC(=O)c2cccc(-c3cncc(C)c3)n2)c(-c2ccccn2)n1. The van der Waals surface area contributed by atoms with Gasteiger partial charge in [0, 0.05) is 88.2 Å². The molecule has 4 N–H and O–H groups in total. The van der Waals surface area contributed by atoms with Crippen molar-refractivity contribution in [3.05, 3.63) is 218 Å². The molecule has 0 atom stereocenters. The molecule has 0 radical (unpaired) electrons. The van der Waals surface area contributed by atoms with Gasteiger partial charge in [-0.05, 0) is 103 Å². The van der Waals surface area contributed by atoms with Crippen molar-refractivity contribution in [2.45, 2.75) is 26.6 Å². The van der Waals surface area contributed by atoms with Gasteiger partial charge in [0.25, 0.3) is 17.7 Å². The van der Waals surface area contributed by atoms with E-state index in [1.807, 2.05) is 85.8 Å². The number of pyridine rings is 7. The summed E-state index contributed by atoms with van der Waals surface area (Å²) in [7, 11) is 4.89. The Hall–Kier alpha value is -11.7. The number of nitrogens with zero attached hydrogens (tertiary/aromatic N) is 14. The van der Waals surface area contributed by atoms with Crippen LogP contribution in [0.5, 0.6) is 0 Å². The van der Waals surface area contributed by atoms with E-state index >= 15 is 0 Å². The number of carbonyl (C=O) groups excluding carboxylic acids is 3. The first-order valence-electron chi connectivity index (χ1n) is 31.1. The number of furan rings is 1. The van der Waals surface area contributed by atoms with Gasteiger partial charge in [-0.1, -0.05) is 36.4 Å². The number of aryl methyl sites for hydroxylation is 1. The van der Waals surface area contributed by atoms with E-state index in [0.717, 1.165) is 22.4 Å². The molecule has 0 aliphatic rings. The monoisotopic (exact) mass is 1320 g/mol. The van der Waals surface area contributed by atoms with Crippen LogP contribution in [0.25, 0.3) is 68.1 Å². The summed E-state index contributed by atoms with van der Waals surface area (Å²) in [4.78, 5) is 69.8. The van der Waals surface area contributed by atoms with E-state index in [4.69, 9.17) is 32.8 Å². The Morgan fingerprint density at radius 2 is 0.867 bits per heavy atom. The molecule has 28 nitrogen and oxygen atoms in total. The van der Waals surface area contributed by atoms with Gasteiger partial charge in [-0.2, -0.15) is 20.4 Å². The average Bonchev–Trinajstić information content (AvgIpc) is 1.65. The quantitative estimate of drug-likeness (QED) is 0.0304. The number of nitrogens with one attached hydrogen (secondary N) is 4. The fourth-order valence-electron chi connectivity index (χ4n) is 9.38. The number of aromatic nitrogens is 15. The van der Waals surface area contributed by atoms with Gasteiger partial charge in [0.05, 0.1) is 149 Å². The van der Waals surface area contributed by atoms with Crippen LogP contribution in [0, 0.1) is 6.92 Å². The fourth-order valence-corrected chi connectivity index (χ4v) is 9.38. The zero-order valence-corrected chi connectivity index (χ0v) is 54.3. The number of carbonyl (C=O) groups is 3.